The third-order valence-electron chi connectivity index (χ3n) is 2.51. The van der Waals surface area contributed by atoms with E-state index in [0.717, 1.165) is 6.42 Å². The molecule has 0 aromatic carbocycles. The van der Waals surface area contributed by atoms with Crippen molar-refractivity contribution in [3.8, 4) is 0 Å². The summed E-state index contributed by atoms with van der Waals surface area (Å²) >= 11 is 5.74. The van der Waals surface area contributed by atoms with Gasteiger partial charge in [0.25, 0.3) is 5.91 Å². The molecule has 16 heavy (non-hydrogen) atoms. The number of alkyl halides is 1. The molecular formula is C11H18ClN3O. The second kappa shape index (κ2) is 5.34. The molecule has 0 aliphatic heterocycles. The summed E-state index contributed by atoms with van der Waals surface area (Å²) < 4.78 is 0. The van der Waals surface area contributed by atoms with Gasteiger partial charge in [-0.25, -0.2) is 0 Å². The lowest BCUT2D eigenvalue weighted by atomic mass is 9.85. The van der Waals surface area contributed by atoms with E-state index in [9.17, 15) is 4.79 Å². The lowest BCUT2D eigenvalue weighted by Gasteiger charge is -2.30. The summed E-state index contributed by atoms with van der Waals surface area (Å²) in [6.45, 7) is 6.25. The number of hydrogen-bond acceptors (Lipinski definition) is 2. The number of hydrogen-bond donors (Lipinski definition) is 2. The maximum Gasteiger partial charge on any atom is 0.254 e. The van der Waals surface area contributed by atoms with Gasteiger partial charge in [0, 0.05) is 18.1 Å². The third-order valence-corrected chi connectivity index (χ3v) is 2.73. The fraction of sp³-hybridized carbons (Fsp3) is 0.636. The Morgan fingerprint density at radius 1 is 1.62 bits per heavy atom. The summed E-state index contributed by atoms with van der Waals surface area (Å²) in [6, 6.07) is 0.0624. The highest BCUT2D eigenvalue weighted by molar-refractivity contribution is 6.17. The number of halogens is 1. The predicted octanol–water partition coefficient (Wildman–Crippen LogP) is 2.18. The molecule has 5 heteroatoms. The summed E-state index contributed by atoms with van der Waals surface area (Å²) in [7, 11) is 0. The topological polar surface area (TPSA) is 57.8 Å². The Morgan fingerprint density at radius 3 is 2.75 bits per heavy atom. The average Bonchev–Trinajstić information content (AvgIpc) is 2.68. The number of H-pyrrole nitrogens is 1. The van der Waals surface area contributed by atoms with Gasteiger partial charge in [0.2, 0.25) is 0 Å². The molecular weight excluding hydrogens is 226 g/mol. The van der Waals surface area contributed by atoms with Gasteiger partial charge in [-0.1, -0.05) is 20.8 Å². The van der Waals surface area contributed by atoms with E-state index >= 15 is 0 Å². The van der Waals surface area contributed by atoms with Gasteiger partial charge in [0.1, 0.15) is 0 Å². The SMILES string of the molecule is CC(C)(C)C(CCCl)NC(=O)c1cn[nH]c1. The minimum absolute atomic E-state index is 0.00567. The fourth-order valence-electron chi connectivity index (χ4n) is 1.45. The van der Waals surface area contributed by atoms with Crippen molar-refractivity contribution in [2.24, 2.45) is 5.41 Å². The number of aromatic nitrogens is 2. The Kier molecular flexibility index (Phi) is 4.35. The van der Waals surface area contributed by atoms with E-state index in [1.165, 1.54) is 6.20 Å². The van der Waals surface area contributed by atoms with Gasteiger partial charge >= 0.3 is 0 Å². The highest BCUT2D eigenvalue weighted by Crippen LogP contribution is 2.22. The van der Waals surface area contributed by atoms with Crippen LogP contribution in [-0.2, 0) is 0 Å². The number of nitrogens with one attached hydrogen (secondary N) is 2. The summed E-state index contributed by atoms with van der Waals surface area (Å²) in [6.07, 6.45) is 3.85. The van der Waals surface area contributed by atoms with Gasteiger partial charge in [0.05, 0.1) is 11.8 Å². The summed E-state index contributed by atoms with van der Waals surface area (Å²) in [5.41, 5.74) is 0.540. The molecule has 1 heterocycles. The van der Waals surface area contributed by atoms with Crippen LogP contribution in [0.1, 0.15) is 37.6 Å². The molecule has 1 unspecified atom stereocenters. The Hall–Kier alpha value is -1.03. The predicted molar refractivity (Wildman–Crippen MR) is 64.6 cm³/mol. The highest BCUT2D eigenvalue weighted by Gasteiger charge is 2.26. The van der Waals surface area contributed by atoms with E-state index < -0.39 is 0 Å². The fourth-order valence-corrected chi connectivity index (χ4v) is 1.67. The molecule has 1 aromatic rings. The first-order valence-electron chi connectivity index (χ1n) is 5.30. The van der Waals surface area contributed by atoms with Crippen LogP contribution in [0.2, 0.25) is 0 Å². The van der Waals surface area contributed by atoms with E-state index in [2.05, 4.69) is 36.3 Å². The smallest absolute Gasteiger partial charge is 0.254 e. The molecule has 1 rings (SSSR count). The van der Waals surface area contributed by atoms with Gasteiger partial charge in [-0.15, -0.1) is 11.6 Å². The van der Waals surface area contributed by atoms with Crippen LogP contribution in [0.15, 0.2) is 12.4 Å². The van der Waals surface area contributed by atoms with Crippen LogP contribution >= 0.6 is 11.6 Å². The molecule has 1 atom stereocenters. The van der Waals surface area contributed by atoms with Crippen molar-refractivity contribution < 1.29 is 4.79 Å². The second-order valence-corrected chi connectivity index (χ2v) is 5.23. The zero-order valence-corrected chi connectivity index (χ0v) is 10.6. The standard InChI is InChI=1S/C11H18ClN3O/c1-11(2,3)9(4-5-12)15-10(16)8-6-13-14-7-8/h6-7,9H,4-5H2,1-3H3,(H,13,14)(H,15,16). The zero-order valence-electron chi connectivity index (χ0n) is 9.88. The third kappa shape index (κ3) is 3.52. The molecule has 1 amide bonds. The molecule has 0 saturated carbocycles. The first-order valence-corrected chi connectivity index (χ1v) is 5.84. The number of carbonyl (C=O) groups excluding carboxylic acids is 1. The lowest BCUT2D eigenvalue weighted by molar-refractivity contribution is 0.0900. The molecule has 2 N–H and O–H groups in total. The van der Waals surface area contributed by atoms with Gasteiger partial charge < -0.3 is 5.32 Å². The minimum Gasteiger partial charge on any atom is -0.349 e. The number of amides is 1. The van der Waals surface area contributed by atoms with Crippen LogP contribution in [-0.4, -0.2) is 28.0 Å². The molecule has 90 valence electrons. The van der Waals surface area contributed by atoms with Crippen LogP contribution in [0.3, 0.4) is 0 Å². The number of nitrogens with zero attached hydrogens (tertiary/aromatic N) is 1. The van der Waals surface area contributed by atoms with Crippen molar-refractivity contribution in [2.45, 2.75) is 33.2 Å². The number of rotatable bonds is 4. The maximum atomic E-state index is 11.8. The van der Waals surface area contributed by atoms with Crippen molar-refractivity contribution in [1.29, 1.82) is 0 Å². The van der Waals surface area contributed by atoms with E-state index in [1.54, 1.807) is 6.20 Å². The Labute approximate surface area is 101 Å². The Bertz CT molecular complexity index is 329. The molecule has 0 fully saturated rings. The number of aromatic amines is 1. The average molecular weight is 244 g/mol. The zero-order chi connectivity index (χ0) is 12.2. The van der Waals surface area contributed by atoms with E-state index in [4.69, 9.17) is 11.6 Å². The van der Waals surface area contributed by atoms with Crippen LogP contribution in [0.25, 0.3) is 0 Å². The van der Waals surface area contributed by atoms with Crippen molar-refractivity contribution >= 4 is 17.5 Å². The van der Waals surface area contributed by atoms with E-state index in [1.807, 2.05) is 0 Å². The normalized spacial score (nSPS) is 13.5. The Balaban J connectivity index is 2.66. The van der Waals surface area contributed by atoms with Crippen LogP contribution < -0.4 is 5.32 Å². The minimum atomic E-state index is -0.112. The van der Waals surface area contributed by atoms with Crippen molar-refractivity contribution in [3.05, 3.63) is 18.0 Å². The summed E-state index contributed by atoms with van der Waals surface area (Å²) in [5.74, 6) is 0.423. The van der Waals surface area contributed by atoms with E-state index in [-0.39, 0.29) is 17.4 Å². The molecule has 0 spiro atoms. The van der Waals surface area contributed by atoms with E-state index in [0.29, 0.717) is 11.4 Å². The monoisotopic (exact) mass is 243 g/mol. The van der Waals surface area contributed by atoms with Gasteiger partial charge in [-0.2, -0.15) is 5.10 Å². The molecule has 0 bridgehead atoms. The van der Waals surface area contributed by atoms with Crippen LogP contribution in [0.4, 0.5) is 0 Å². The largest absolute Gasteiger partial charge is 0.349 e. The second-order valence-electron chi connectivity index (χ2n) is 4.86. The van der Waals surface area contributed by atoms with Crippen molar-refractivity contribution in [2.75, 3.05) is 5.88 Å². The van der Waals surface area contributed by atoms with Crippen LogP contribution in [0.5, 0.6) is 0 Å². The lowest BCUT2D eigenvalue weighted by Crippen LogP contribution is -2.43. The molecule has 4 nitrogen and oxygen atoms in total. The quantitative estimate of drug-likeness (QED) is 0.797. The molecule has 1 aromatic heterocycles. The molecule has 0 aliphatic carbocycles. The van der Waals surface area contributed by atoms with Crippen LogP contribution in [0, 0.1) is 5.41 Å². The van der Waals surface area contributed by atoms with Crippen molar-refractivity contribution in [1.82, 2.24) is 15.5 Å². The maximum absolute atomic E-state index is 11.8. The highest BCUT2D eigenvalue weighted by atomic mass is 35.5. The van der Waals surface area contributed by atoms with Crippen molar-refractivity contribution in [3.63, 3.8) is 0 Å². The molecule has 0 aliphatic rings. The van der Waals surface area contributed by atoms with Gasteiger partial charge in [-0.05, 0) is 11.8 Å². The summed E-state index contributed by atoms with van der Waals surface area (Å²) in [5, 5.41) is 9.34. The first kappa shape index (κ1) is 13.0. The number of carbonyl (C=O) groups is 1. The summed E-state index contributed by atoms with van der Waals surface area (Å²) in [4.78, 5) is 11.8. The van der Waals surface area contributed by atoms with Gasteiger partial charge in [-0.3, -0.25) is 9.89 Å². The molecule has 0 saturated heterocycles. The first-order chi connectivity index (χ1) is 7.45. The van der Waals surface area contributed by atoms with Gasteiger partial charge in [0.15, 0.2) is 0 Å². The molecule has 0 radical (unpaired) electrons. The Morgan fingerprint density at radius 2 is 2.31 bits per heavy atom.